The molecule has 5 nitrogen and oxygen atoms in total. The summed E-state index contributed by atoms with van der Waals surface area (Å²) in [4.78, 5) is 17.9. The van der Waals surface area contributed by atoms with Crippen LogP contribution in [-0.4, -0.2) is 34.9 Å². The highest BCUT2D eigenvalue weighted by molar-refractivity contribution is 5.82. The van der Waals surface area contributed by atoms with Gasteiger partial charge in [-0.1, -0.05) is 6.92 Å². The standard InChI is InChI=1S/C15H16F3N3O2/c1-2-11-14(22)19-5-6-21(11)8-13-20-10-7-9(15(16,17)18)3-4-12(10)23-13/h3-4,7,11H,2,5-6,8H2,1H3,(H,19,22). The Morgan fingerprint density at radius 2 is 2.22 bits per heavy atom. The van der Waals surface area contributed by atoms with Crippen molar-refractivity contribution in [3.63, 3.8) is 0 Å². The van der Waals surface area contributed by atoms with Crippen LogP contribution in [0, 0.1) is 0 Å². The summed E-state index contributed by atoms with van der Waals surface area (Å²) < 4.78 is 43.7. The van der Waals surface area contributed by atoms with Crippen molar-refractivity contribution in [1.29, 1.82) is 0 Å². The van der Waals surface area contributed by atoms with Gasteiger partial charge >= 0.3 is 6.18 Å². The van der Waals surface area contributed by atoms with E-state index in [9.17, 15) is 18.0 Å². The van der Waals surface area contributed by atoms with E-state index < -0.39 is 11.7 Å². The van der Waals surface area contributed by atoms with Gasteiger partial charge in [0.25, 0.3) is 0 Å². The number of carbonyl (C=O) groups excluding carboxylic acids is 1. The van der Waals surface area contributed by atoms with Crippen LogP contribution in [0.3, 0.4) is 0 Å². The predicted octanol–water partition coefficient (Wildman–Crippen LogP) is 2.56. The van der Waals surface area contributed by atoms with Crippen molar-refractivity contribution in [2.45, 2.75) is 32.1 Å². The smallest absolute Gasteiger partial charge is 0.416 e. The average Bonchev–Trinajstić information content (AvgIpc) is 2.88. The summed E-state index contributed by atoms with van der Waals surface area (Å²) in [5.41, 5.74) is -0.277. The van der Waals surface area contributed by atoms with Crippen LogP contribution in [0.4, 0.5) is 13.2 Å². The Morgan fingerprint density at radius 3 is 2.91 bits per heavy atom. The Bertz CT molecular complexity index is 726. The molecule has 2 aromatic rings. The first-order valence-corrected chi connectivity index (χ1v) is 7.37. The number of carbonyl (C=O) groups is 1. The summed E-state index contributed by atoms with van der Waals surface area (Å²) in [5, 5.41) is 2.79. The lowest BCUT2D eigenvalue weighted by Crippen LogP contribution is -2.54. The van der Waals surface area contributed by atoms with Crippen LogP contribution < -0.4 is 5.32 Å². The topological polar surface area (TPSA) is 58.4 Å². The molecule has 1 amide bonds. The first-order valence-electron chi connectivity index (χ1n) is 7.37. The molecule has 1 aromatic carbocycles. The fraction of sp³-hybridized carbons (Fsp3) is 0.467. The molecule has 124 valence electrons. The summed E-state index contributed by atoms with van der Waals surface area (Å²) in [5.74, 6) is 0.265. The van der Waals surface area contributed by atoms with Gasteiger partial charge in [-0.25, -0.2) is 4.98 Å². The number of fused-ring (bicyclic) bond motifs is 1. The second kappa shape index (κ2) is 5.84. The number of alkyl halides is 3. The molecule has 0 radical (unpaired) electrons. The van der Waals surface area contributed by atoms with Crippen molar-refractivity contribution in [3.05, 3.63) is 29.7 Å². The van der Waals surface area contributed by atoms with Gasteiger partial charge in [0.05, 0.1) is 18.2 Å². The molecule has 1 aromatic heterocycles. The summed E-state index contributed by atoms with van der Waals surface area (Å²) in [6.07, 6.45) is -3.77. The lowest BCUT2D eigenvalue weighted by Gasteiger charge is -2.33. The zero-order chi connectivity index (χ0) is 16.6. The summed E-state index contributed by atoms with van der Waals surface area (Å²) in [6.45, 7) is 3.39. The lowest BCUT2D eigenvalue weighted by atomic mass is 10.1. The normalized spacial score (nSPS) is 20.0. The van der Waals surface area contributed by atoms with Crippen LogP contribution in [0.15, 0.2) is 22.6 Å². The van der Waals surface area contributed by atoms with Crippen LogP contribution in [-0.2, 0) is 17.5 Å². The van der Waals surface area contributed by atoms with Gasteiger partial charge in [-0.05, 0) is 24.6 Å². The third kappa shape index (κ3) is 3.17. The van der Waals surface area contributed by atoms with E-state index in [1.54, 1.807) is 0 Å². The molecule has 1 saturated heterocycles. The molecule has 8 heteroatoms. The molecule has 0 saturated carbocycles. The highest BCUT2D eigenvalue weighted by Crippen LogP contribution is 2.31. The number of hydrogen-bond donors (Lipinski definition) is 1. The molecule has 23 heavy (non-hydrogen) atoms. The van der Waals surface area contributed by atoms with E-state index >= 15 is 0 Å². The molecule has 1 aliphatic rings. The van der Waals surface area contributed by atoms with Crippen LogP contribution in [0.25, 0.3) is 11.1 Å². The molecule has 1 aliphatic heterocycles. The molecule has 1 atom stereocenters. The number of halogens is 3. The number of oxazole rings is 1. The maximum absolute atomic E-state index is 12.7. The molecule has 0 spiro atoms. The summed E-state index contributed by atoms with van der Waals surface area (Å²) >= 11 is 0. The average molecular weight is 327 g/mol. The number of hydrogen-bond acceptors (Lipinski definition) is 4. The van der Waals surface area contributed by atoms with E-state index in [1.165, 1.54) is 6.07 Å². The highest BCUT2D eigenvalue weighted by Gasteiger charge is 2.32. The Labute approximate surface area is 130 Å². The Balaban J connectivity index is 1.84. The fourth-order valence-electron chi connectivity index (χ4n) is 2.79. The van der Waals surface area contributed by atoms with E-state index in [0.717, 1.165) is 12.1 Å². The number of aromatic nitrogens is 1. The van der Waals surface area contributed by atoms with Gasteiger partial charge < -0.3 is 9.73 Å². The molecule has 1 unspecified atom stereocenters. The van der Waals surface area contributed by atoms with Gasteiger partial charge in [0.1, 0.15) is 5.52 Å². The maximum atomic E-state index is 12.7. The Kier molecular flexibility index (Phi) is 4.01. The van der Waals surface area contributed by atoms with Gasteiger partial charge in [-0.3, -0.25) is 9.69 Å². The minimum atomic E-state index is -4.41. The maximum Gasteiger partial charge on any atom is 0.416 e. The zero-order valence-corrected chi connectivity index (χ0v) is 12.5. The molecular weight excluding hydrogens is 311 g/mol. The number of nitrogens with one attached hydrogen (secondary N) is 1. The number of amides is 1. The van der Waals surface area contributed by atoms with Gasteiger partial charge in [-0.15, -0.1) is 0 Å². The summed E-state index contributed by atoms with van der Waals surface area (Å²) in [6, 6.07) is 2.95. The van der Waals surface area contributed by atoms with E-state index in [2.05, 4.69) is 10.3 Å². The fourth-order valence-corrected chi connectivity index (χ4v) is 2.79. The third-order valence-corrected chi connectivity index (χ3v) is 3.93. The van der Waals surface area contributed by atoms with E-state index in [-0.39, 0.29) is 17.5 Å². The van der Waals surface area contributed by atoms with Crippen LogP contribution in [0.1, 0.15) is 24.8 Å². The second-order valence-corrected chi connectivity index (χ2v) is 5.47. The Morgan fingerprint density at radius 1 is 1.43 bits per heavy atom. The monoisotopic (exact) mass is 327 g/mol. The van der Waals surface area contributed by atoms with Crippen molar-refractivity contribution >= 4 is 17.0 Å². The predicted molar refractivity (Wildman–Crippen MR) is 76.5 cm³/mol. The molecule has 1 fully saturated rings. The Hall–Kier alpha value is -2.09. The largest absolute Gasteiger partial charge is 0.439 e. The second-order valence-electron chi connectivity index (χ2n) is 5.47. The zero-order valence-electron chi connectivity index (χ0n) is 12.5. The molecule has 1 N–H and O–H groups in total. The van der Waals surface area contributed by atoms with Crippen LogP contribution in [0.2, 0.25) is 0 Å². The first kappa shape index (κ1) is 15.8. The molecule has 0 aliphatic carbocycles. The number of nitrogens with zero attached hydrogens (tertiary/aromatic N) is 2. The molecular formula is C15H16F3N3O2. The van der Waals surface area contributed by atoms with Crippen molar-refractivity contribution in [1.82, 2.24) is 15.2 Å². The van der Waals surface area contributed by atoms with Crippen LogP contribution >= 0.6 is 0 Å². The lowest BCUT2D eigenvalue weighted by molar-refractivity contribution is -0.137. The number of benzene rings is 1. The van der Waals surface area contributed by atoms with Crippen LogP contribution in [0.5, 0.6) is 0 Å². The van der Waals surface area contributed by atoms with Gasteiger partial charge in [0, 0.05) is 13.1 Å². The molecule has 3 rings (SSSR count). The minimum Gasteiger partial charge on any atom is -0.439 e. The summed E-state index contributed by atoms with van der Waals surface area (Å²) in [7, 11) is 0. The van der Waals surface area contributed by atoms with E-state index in [0.29, 0.717) is 37.5 Å². The van der Waals surface area contributed by atoms with Crippen molar-refractivity contribution in [3.8, 4) is 0 Å². The van der Waals surface area contributed by atoms with Gasteiger partial charge in [0.15, 0.2) is 5.58 Å². The first-order chi connectivity index (χ1) is 10.9. The number of rotatable bonds is 3. The van der Waals surface area contributed by atoms with Crippen molar-refractivity contribution < 1.29 is 22.4 Å². The third-order valence-electron chi connectivity index (χ3n) is 3.93. The van der Waals surface area contributed by atoms with E-state index in [1.807, 2.05) is 11.8 Å². The highest BCUT2D eigenvalue weighted by atomic mass is 19.4. The van der Waals surface area contributed by atoms with Crippen molar-refractivity contribution in [2.75, 3.05) is 13.1 Å². The minimum absolute atomic E-state index is 0.0470. The van der Waals surface area contributed by atoms with Crippen molar-refractivity contribution in [2.24, 2.45) is 0 Å². The SMILES string of the molecule is CCC1C(=O)NCCN1Cc1nc2cc(C(F)(F)F)ccc2o1. The number of piperazine rings is 1. The quantitative estimate of drug-likeness (QED) is 0.941. The van der Waals surface area contributed by atoms with E-state index in [4.69, 9.17) is 4.42 Å². The molecule has 2 heterocycles. The van der Waals surface area contributed by atoms with Gasteiger partial charge in [0.2, 0.25) is 11.8 Å². The van der Waals surface area contributed by atoms with Gasteiger partial charge in [-0.2, -0.15) is 13.2 Å². The molecule has 0 bridgehead atoms.